The Morgan fingerprint density at radius 3 is 3.00 bits per heavy atom. The molecule has 2 rings (SSSR count). The lowest BCUT2D eigenvalue weighted by Crippen LogP contribution is -2.23. The minimum atomic E-state index is -0.143. The molecule has 2 aromatic rings. The number of aromatic amines is 1. The highest BCUT2D eigenvalue weighted by Gasteiger charge is 2.08. The van der Waals surface area contributed by atoms with Gasteiger partial charge in [-0.3, -0.25) is 9.59 Å². The van der Waals surface area contributed by atoms with Gasteiger partial charge in [-0.1, -0.05) is 13.8 Å². The van der Waals surface area contributed by atoms with Crippen LogP contribution in [0.15, 0.2) is 17.2 Å². The number of carbonyl (C=O) groups is 1. The minimum Gasteiger partial charge on any atom is -0.351 e. The largest absolute Gasteiger partial charge is 0.351 e. The van der Waals surface area contributed by atoms with Crippen molar-refractivity contribution >= 4 is 27.5 Å². The van der Waals surface area contributed by atoms with E-state index in [9.17, 15) is 9.59 Å². The first-order valence-corrected chi connectivity index (χ1v) is 6.60. The summed E-state index contributed by atoms with van der Waals surface area (Å²) in [7, 11) is 0. The number of H-pyrrole nitrogens is 1. The zero-order valence-electron chi connectivity index (χ0n) is 10.3. The second-order valence-corrected chi connectivity index (χ2v) is 5.65. The molecule has 0 aliphatic heterocycles. The molecule has 0 atom stereocenters. The number of fused-ring (bicyclic) bond motifs is 1. The second kappa shape index (κ2) is 5.30. The van der Waals surface area contributed by atoms with E-state index in [1.807, 2.05) is 13.8 Å². The van der Waals surface area contributed by atoms with Crippen LogP contribution < -0.4 is 10.9 Å². The molecule has 0 aliphatic rings. The minimum absolute atomic E-state index is 0.0318. The van der Waals surface area contributed by atoms with Crippen molar-refractivity contribution in [3.8, 4) is 0 Å². The van der Waals surface area contributed by atoms with Crippen molar-refractivity contribution in [1.82, 2.24) is 15.3 Å². The summed E-state index contributed by atoms with van der Waals surface area (Å²) in [6.45, 7) is 4.46. The van der Waals surface area contributed by atoms with E-state index in [0.717, 1.165) is 4.88 Å². The van der Waals surface area contributed by atoms with Crippen LogP contribution in [0, 0.1) is 5.92 Å². The van der Waals surface area contributed by atoms with Gasteiger partial charge < -0.3 is 10.3 Å². The van der Waals surface area contributed by atoms with Crippen LogP contribution in [0.5, 0.6) is 0 Å². The zero-order chi connectivity index (χ0) is 13.1. The third kappa shape index (κ3) is 2.95. The van der Waals surface area contributed by atoms with Gasteiger partial charge in [-0.25, -0.2) is 4.98 Å². The SMILES string of the molecule is CC(C)CC(=O)NCc1cc2c(=O)[nH]cnc2s1. The van der Waals surface area contributed by atoms with Crippen molar-refractivity contribution in [3.05, 3.63) is 27.6 Å². The standard InChI is InChI=1S/C12H15N3O2S/c1-7(2)3-10(16)13-5-8-4-9-11(17)14-6-15-12(9)18-8/h4,6-7H,3,5H2,1-2H3,(H,13,16)(H,14,15,17). The molecule has 0 saturated heterocycles. The Labute approximate surface area is 108 Å². The second-order valence-electron chi connectivity index (χ2n) is 4.54. The smallest absolute Gasteiger partial charge is 0.259 e. The molecule has 0 radical (unpaired) electrons. The fourth-order valence-electron chi connectivity index (χ4n) is 1.63. The molecule has 18 heavy (non-hydrogen) atoms. The average molecular weight is 265 g/mol. The van der Waals surface area contributed by atoms with E-state index in [4.69, 9.17) is 0 Å². The van der Waals surface area contributed by atoms with Gasteiger partial charge in [-0.05, 0) is 12.0 Å². The molecule has 0 unspecified atom stereocenters. The van der Waals surface area contributed by atoms with Crippen molar-refractivity contribution in [2.24, 2.45) is 5.92 Å². The van der Waals surface area contributed by atoms with Gasteiger partial charge in [0.2, 0.25) is 5.91 Å². The highest BCUT2D eigenvalue weighted by molar-refractivity contribution is 7.18. The summed E-state index contributed by atoms with van der Waals surface area (Å²) in [4.78, 5) is 31.3. The van der Waals surface area contributed by atoms with Crippen LogP contribution >= 0.6 is 11.3 Å². The topological polar surface area (TPSA) is 74.8 Å². The quantitative estimate of drug-likeness (QED) is 0.882. The molecule has 0 spiro atoms. The Morgan fingerprint density at radius 2 is 2.33 bits per heavy atom. The predicted molar refractivity (Wildman–Crippen MR) is 71.5 cm³/mol. The van der Waals surface area contributed by atoms with Crippen molar-refractivity contribution in [2.45, 2.75) is 26.8 Å². The first-order chi connectivity index (χ1) is 8.56. The molecule has 2 heterocycles. The monoisotopic (exact) mass is 265 g/mol. The maximum Gasteiger partial charge on any atom is 0.259 e. The summed E-state index contributed by atoms with van der Waals surface area (Å²) in [5.41, 5.74) is -0.143. The van der Waals surface area contributed by atoms with Crippen molar-refractivity contribution in [1.29, 1.82) is 0 Å². The van der Waals surface area contributed by atoms with Crippen LogP contribution in [0.3, 0.4) is 0 Å². The number of nitrogens with one attached hydrogen (secondary N) is 2. The molecule has 5 nitrogen and oxygen atoms in total. The van der Waals surface area contributed by atoms with E-state index in [2.05, 4.69) is 15.3 Å². The van der Waals surface area contributed by atoms with Gasteiger partial charge >= 0.3 is 0 Å². The molecule has 2 aromatic heterocycles. The van der Waals surface area contributed by atoms with E-state index in [1.54, 1.807) is 6.07 Å². The normalized spacial score (nSPS) is 11.1. The predicted octanol–water partition coefficient (Wildman–Crippen LogP) is 1.65. The maximum atomic E-state index is 11.5. The molecule has 6 heteroatoms. The summed E-state index contributed by atoms with van der Waals surface area (Å²) in [6.07, 6.45) is 1.91. The van der Waals surface area contributed by atoms with Gasteiger partial charge in [0.05, 0.1) is 18.3 Å². The van der Waals surface area contributed by atoms with E-state index >= 15 is 0 Å². The average Bonchev–Trinajstić information content (AvgIpc) is 2.70. The molecular weight excluding hydrogens is 250 g/mol. The Morgan fingerprint density at radius 1 is 1.56 bits per heavy atom. The summed E-state index contributed by atoms with van der Waals surface area (Å²) in [5, 5.41) is 3.42. The Kier molecular flexibility index (Phi) is 3.76. The summed E-state index contributed by atoms with van der Waals surface area (Å²) in [6, 6.07) is 1.78. The highest BCUT2D eigenvalue weighted by Crippen LogP contribution is 2.20. The van der Waals surface area contributed by atoms with Gasteiger partial charge in [0, 0.05) is 11.3 Å². The van der Waals surface area contributed by atoms with Crippen LogP contribution in [0.4, 0.5) is 0 Å². The summed E-state index contributed by atoms with van der Waals surface area (Å²) < 4.78 is 0. The number of aromatic nitrogens is 2. The molecule has 0 bridgehead atoms. The van der Waals surface area contributed by atoms with Crippen LogP contribution in [0.25, 0.3) is 10.2 Å². The lowest BCUT2D eigenvalue weighted by molar-refractivity contribution is -0.121. The van der Waals surface area contributed by atoms with Crippen molar-refractivity contribution < 1.29 is 4.79 Å². The molecule has 0 aliphatic carbocycles. The number of amides is 1. The molecule has 0 aromatic carbocycles. The van der Waals surface area contributed by atoms with E-state index in [-0.39, 0.29) is 11.5 Å². The molecule has 96 valence electrons. The van der Waals surface area contributed by atoms with Crippen molar-refractivity contribution in [3.63, 3.8) is 0 Å². The maximum absolute atomic E-state index is 11.5. The van der Waals surface area contributed by atoms with Crippen molar-refractivity contribution in [2.75, 3.05) is 0 Å². The number of nitrogens with zero attached hydrogens (tertiary/aromatic N) is 1. The lowest BCUT2D eigenvalue weighted by atomic mass is 10.1. The molecule has 0 fully saturated rings. The van der Waals surface area contributed by atoms with Gasteiger partial charge in [-0.2, -0.15) is 0 Å². The number of rotatable bonds is 4. The third-order valence-corrected chi connectivity index (χ3v) is 3.48. The van der Waals surface area contributed by atoms with Crippen LogP contribution in [-0.4, -0.2) is 15.9 Å². The molecule has 0 saturated carbocycles. The first kappa shape index (κ1) is 12.8. The lowest BCUT2D eigenvalue weighted by Gasteiger charge is -2.05. The third-order valence-electron chi connectivity index (χ3n) is 2.44. The van der Waals surface area contributed by atoms with Gasteiger partial charge in [-0.15, -0.1) is 11.3 Å². The Bertz CT molecular complexity index is 615. The first-order valence-electron chi connectivity index (χ1n) is 5.79. The number of hydrogen-bond donors (Lipinski definition) is 2. The van der Waals surface area contributed by atoms with Gasteiger partial charge in [0.1, 0.15) is 4.83 Å². The molecular formula is C12H15N3O2S. The zero-order valence-corrected chi connectivity index (χ0v) is 11.1. The highest BCUT2D eigenvalue weighted by atomic mass is 32.1. The fourth-order valence-corrected chi connectivity index (χ4v) is 2.57. The van der Waals surface area contributed by atoms with E-state index in [0.29, 0.717) is 29.1 Å². The Hall–Kier alpha value is -1.69. The number of thiophene rings is 1. The van der Waals surface area contributed by atoms with Crippen LogP contribution in [0.2, 0.25) is 0 Å². The van der Waals surface area contributed by atoms with Crippen LogP contribution in [0.1, 0.15) is 25.1 Å². The van der Waals surface area contributed by atoms with E-state index in [1.165, 1.54) is 17.7 Å². The van der Waals surface area contributed by atoms with E-state index < -0.39 is 0 Å². The summed E-state index contributed by atoms with van der Waals surface area (Å²) in [5.74, 6) is 0.376. The number of hydrogen-bond acceptors (Lipinski definition) is 4. The Balaban J connectivity index is 2.07. The fraction of sp³-hybridized carbons (Fsp3) is 0.417. The van der Waals surface area contributed by atoms with Gasteiger partial charge in [0.25, 0.3) is 5.56 Å². The van der Waals surface area contributed by atoms with Gasteiger partial charge in [0.15, 0.2) is 0 Å². The summed E-state index contributed by atoms with van der Waals surface area (Å²) >= 11 is 1.43. The molecule has 2 N–H and O–H groups in total. The molecule has 1 amide bonds. The van der Waals surface area contributed by atoms with Crippen LogP contribution in [-0.2, 0) is 11.3 Å². The number of carbonyl (C=O) groups excluding carboxylic acids is 1.